The molecule has 3 N–H and O–H groups in total. The van der Waals surface area contributed by atoms with E-state index in [0.717, 1.165) is 11.8 Å². The lowest BCUT2D eigenvalue weighted by Gasteiger charge is -2.24. The molecule has 0 saturated heterocycles. The summed E-state index contributed by atoms with van der Waals surface area (Å²) in [5, 5.41) is 10.6. The minimum atomic E-state index is -0.534. The van der Waals surface area contributed by atoms with Crippen LogP contribution in [0.25, 0.3) is 11.1 Å². The fourth-order valence-electron chi connectivity index (χ4n) is 3.95. The number of hydrogen-bond acceptors (Lipinski definition) is 3. The van der Waals surface area contributed by atoms with E-state index in [1.807, 2.05) is 36.9 Å². The minimum absolute atomic E-state index is 0.137. The molecule has 3 aromatic carbocycles. The van der Waals surface area contributed by atoms with Crippen LogP contribution in [0, 0.1) is 11.6 Å². The Balaban J connectivity index is 2.01. The first-order chi connectivity index (χ1) is 12.8. The number of benzene rings is 3. The Hall–Kier alpha value is -3.08. The molecule has 1 aliphatic heterocycles. The van der Waals surface area contributed by atoms with Crippen molar-refractivity contribution < 1.29 is 13.9 Å². The standard InChI is InChI=1S/C22H20F2N2O/c1-22(2)12-26(17-6-4-3-5-16(17)25)21-18(27)11-15(24)19(20(21)22)13-7-9-14(23)10-8-13/h3-11,27H,12,25H2,1-2H3. The van der Waals surface area contributed by atoms with Crippen LogP contribution in [0.15, 0.2) is 54.6 Å². The molecule has 3 aromatic rings. The second-order valence-corrected chi connectivity index (χ2v) is 7.51. The number of aromatic hydroxyl groups is 1. The summed E-state index contributed by atoms with van der Waals surface area (Å²) in [6, 6.07) is 14.2. The van der Waals surface area contributed by atoms with Gasteiger partial charge >= 0.3 is 0 Å². The third-order valence-electron chi connectivity index (χ3n) is 5.09. The summed E-state index contributed by atoms with van der Waals surface area (Å²) in [5.41, 5.74) is 9.21. The first kappa shape index (κ1) is 17.3. The van der Waals surface area contributed by atoms with Gasteiger partial charge in [-0.2, -0.15) is 0 Å². The number of nitrogen functional groups attached to an aromatic ring is 1. The fourth-order valence-corrected chi connectivity index (χ4v) is 3.95. The molecular weight excluding hydrogens is 346 g/mol. The van der Waals surface area contributed by atoms with Crippen molar-refractivity contribution in [2.45, 2.75) is 19.3 Å². The van der Waals surface area contributed by atoms with E-state index in [4.69, 9.17) is 5.73 Å². The molecule has 0 saturated carbocycles. The topological polar surface area (TPSA) is 49.5 Å². The van der Waals surface area contributed by atoms with Crippen LogP contribution in [0.3, 0.4) is 0 Å². The Labute approximate surface area is 156 Å². The van der Waals surface area contributed by atoms with Crippen molar-refractivity contribution in [2.75, 3.05) is 17.2 Å². The molecular formula is C22H20F2N2O. The molecule has 0 bridgehead atoms. The predicted octanol–water partition coefficient (Wildman–Crippen LogP) is 5.35. The number of fused-ring (bicyclic) bond motifs is 1. The SMILES string of the molecule is CC1(C)CN(c2ccccc2N)c2c(O)cc(F)c(-c3ccc(F)cc3)c21. The van der Waals surface area contributed by atoms with Gasteiger partial charge in [-0.25, -0.2) is 8.78 Å². The van der Waals surface area contributed by atoms with Gasteiger partial charge in [0.25, 0.3) is 0 Å². The number of anilines is 3. The molecule has 0 aromatic heterocycles. The molecule has 1 aliphatic rings. The molecule has 0 aliphatic carbocycles. The monoisotopic (exact) mass is 366 g/mol. The molecule has 27 heavy (non-hydrogen) atoms. The molecule has 0 amide bonds. The van der Waals surface area contributed by atoms with Crippen molar-refractivity contribution in [3.63, 3.8) is 0 Å². The summed E-state index contributed by atoms with van der Waals surface area (Å²) >= 11 is 0. The van der Waals surface area contributed by atoms with Crippen molar-refractivity contribution in [3.05, 3.63) is 71.8 Å². The lowest BCUT2D eigenvalue weighted by Crippen LogP contribution is -2.25. The van der Waals surface area contributed by atoms with Gasteiger partial charge in [0.2, 0.25) is 0 Å². The molecule has 0 unspecified atom stereocenters. The van der Waals surface area contributed by atoms with Gasteiger partial charge < -0.3 is 15.7 Å². The maximum absolute atomic E-state index is 14.9. The van der Waals surface area contributed by atoms with Crippen molar-refractivity contribution in [1.82, 2.24) is 0 Å². The van der Waals surface area contributed by atoms with E-state index in [1.165, 1.54) is 12.1 Å². The summed E-state index contributed by atoms with van der Waals surface area (Å²) in [6.07, 6.45) is 0. The lowest BCUT2D eigenvalue weighted by atomic mass is 9.81. The average Bonchev–Trinajstić information content (AvgIpc) is 2.89. The van der Waals surface area contributed by atoms with E-state index in [0.29, 0.717) is 34.6 Å². The minimum Gasteiger partial charge on any atom is -0.506 e. The molecule has 3 nitrogen and oxygen atoms in total. The summed E-state index contributed by atoms with van der Waals surface area (Å²) in [7, 11) is 0. The van der Waals surface area contributed by atoms with Gasteiger partial charge in [-0.1, -0.05) is 38.1 Å². The maximum Gasteiger partial charge on any atom is 0.142 e. The summed E-state index contributed by atoms with van der Waals surface area (Å²) in [6.45, 7) is 4.52. The number of nitrogens with zero attached hydrogens (tertiary/aromatic N) is 1. The third-order valence-corrected chi connectivity index (χ3v) is 5.09. The molecule has 0 atom stereocenters. The Morgan fingerprint density at radius 2 is 1.70 bits per heavy atom. The van der Waals surface area contributed by atoms with Gasteiger partial charge in [-0.15, -0.1) is 0 Å². The quantitative estimate of drug-likeness (QED) is 0.601. The van der Waals surface area contributed by atoms with E-state index < -0.39 is 11.2 Å². The smallest absolute Gasteiger partial charge is 0.142 e. The van der Waals surface area contributed by atoms with Gasteiger partial charge in [-0.05, 0) is 35.4 Å². The summed E-state index contributed by atoms with van der Waals surface area (Å²) in [5.74, 6) is -1.05. The molecule has 138 valence electrons. The lowest BCUT2D eigenvalue weighted by molar-refractivity contribution is 0.470. The van der Waals surface area contributed by atoms with E-state index in [-0.39, 0.29) is 11.6 Å². The summed E-state index contributed by atoms with van der Waals surface area (Å²) < 4.78 is 28.3. The van der Waals surface area contributed by atoms with Crippen LogP contribution in [-0.2, 0) is 5.41 Å². The largest absolute Gasteiger partial charge is 0.506 e. The summed E-state index contributed by atoms with van der Waals surface area (Å²) in [4.78, 5) is 1.92. The first-order valence-corrected chi connectivity index (χ1v) is 8.73. The molecule has 4 rings (SSSR count). The molecule has 0 radical (unpaired) electrons. The highest BCUT2D eigenvalue weighted by Gasteiger charge is 2.41. The zero-order chi connectivity index (χ0) is 19.3. The van der Waals surface area contributed by atoms with Crippen molar-refractivity contribution in [3.8, 4) is 16.9 Å². The second-order valence-electron chi connectivity index (χ2n) is 7.51. The molecule has 5 heteroatoms. The van der Waals surface area contributed by atoms with Crippen LogP contribution in [0.5, 0.6) is 5.75 Å². The second kappa shape index (κ2) is 5.98. The highest BCUT2D eigenvalue weighted by atomic mass is 19.1. The number of phenols is 1. The molecule has 0 fully saturated rings. The van der Waals surface area contributed by atoms with Gasteiger partial charge in [-0.3, -0.25) is 0 Å². The van der Waals surface area contributed by atoms with E-state index >= 15 is 0 Å². The van der Waals surface area contributed by atoms with E-state index in [2.05, 4.69) is 0 Å². The first-order valence-electron chi connectivity index (χ1n) is 8.73. The number of rotatable bonds is 2. The zero-order valence-electron chi connectivity index (χ0n) is 15.1. The third kappa shape index (κ3) is 2.70. The number of hydrogen-bond donors (Lipinski definition) is 2. The van der Waals surface area contributed by atoms with E-state index in [1.54, 1.807) is 18.2 Å². The van der Waals surface area contributed by atoms with Crippen LogP contribution in [0.1, 0.15) is 19.4 Å². The van der Waals surface area contributed by atoms with Crippen molar-refractivity contribution >= 4 is 17.1 Å². The van der Waals surface area contributed by atoms with Crippen LogP contribution < -0.4 is 10.6 Å². The maximum atomic E-state index is 14.9. The Morgan fingerprint density at radius 3 is 2.37 bits per heavy atom. The van der Waals surface area contributed by atoms with E-state index in [9.17, 15) is 13.9 Å². The normalized spacial score (nSPS) is 15.0. The Morgan fingerprint density at radius 1 is 1.04 bits per heavy atom. The van der Waals surface area contributed by atoms with Crippen molar-refractivity contribution in [2.24, 2.45) is 0 Å². The van der Waals surface area contributed by atoms with Crippen LogP contribution in [0.4, 0.5) is 25.8 Å². The number of halogens is 2. The van der Waals surface area contributed by atoms with Gasteiger partial charge in [0.1, 0.15) is 17.4 Å². The Bertz CT molecular complexity index is 1030. The van der Waals surface area contributed by atoms with Crippen LogP contribution in [-0.4, -0.2) is 11.7 Å². The van der Waals surface area contributed by atoms with Gasteiger partial charge in [0.05, 0.1) is 17.1 Å². The van der Waals surface area contributed by atoms with Gasteiger partial charge in [0, 0.05) is 23.6 Å². The van der Waals surface area contributed by atoms with Crippen LogP contribution in [0.2, 0.25) is 0 Å². The van der Waals surface area contributed by atoms with Gasteiger partial charge in [0.15, 0.2) is 0 Å². The Kier molecular flexibility index (Phi) is 3.84. The number of phenolic OH excluding ortho intramolecular Hbond substituents is 1. The highest BCUT2D eigenvalue weighted by molar-refractivity contribution is 5.89. The average molecular weight is 366 g/mol. The van der Waals surface area contributed by atoms with Crippen LogP contribution >= 0.6 is 0 Å². The number of para-hydroxylation sites is 2. The highest BCUT2D eigenvalue weighted by Crippen LogP contribution is 2.54. The zero-order valence-corrected chi connectivity index (χ0v) is 15.1. The number of nitrogens with two attached hydrogens (primary N) is 1. The van der Waals surface area contributed by atoms with Crippen molar-refractivity contribution in [1.29, 1.82) is 0 Å². The predicted molar refractivity (Wildman–Crippen MR) is 104 cm³/mol. The fraction of sp³-hybridized carbons (Fsp3) is 0.182. The molecule has 1 heterocycles. The molecule has 0 spiro atoms.